The molecular weight excluding hydrogens is 378 g/mol. The van der Waals surface area contributed by atoms with Crippen molar-refractivity contribution in [3.05, 3.63) is 94.5 Å². The lowest BCUT2D eigenvalue weighted by Gasteiger charge is -2.07. The first kappa shape index (κ1) is 19.2. The first-order valence-electron chi connectivity index (χ1n) is 8.41. The van der Waals surface area contributed by atoms with E-state index in [2.05, 4.69) is 5.32 Å². The van der Waals surface area contributed by atoms with Crippen LogP contribution in [-0.2, 0) is 0 Å². The van der Waals surface area contributed by atoms with Crippen molar-refractivity contribution in [2.75, 3.05) is 11.1 Å². The largest absolute Gasteiger partial charge is 0.322 e. The number of anilines is 1. The number of halogens is 1. The highest BCUT2D eigenvalue weighted by Crippen LogP contribution is 2.22. The van der Waals surface area contributed by atoms with E-state index in [0.717, 1.165) is 10.5 Å². The van der Waals surface area contributed by atoms with Crippen molar-refractivity contribution in [1.82, 2.24) is 0 Å². The minimum atomic E-state index is -0.145. The van der Waals surface area contributed by atoms with Crippen LogP contribution in [0.1, 0.15) is 26.3 Å². The lowest BCUT2D eigenvalue weighted by Crippen LogP contribution is -2.11. The van der Waals surface area contributed by atoms with Crippen LogP contribution in [0.4, 0.5) is 5.69 Å². The second kappa shape index (κ2) is 8.89. The van der Waals surface area contributed by atoms with Gasteiger partial charge >= 0.3 is 0 Å². The van der Waals surface area contributed by atoms with E-state index in [1.165, 1.54) is 11.8 Å². The highest BCUT2D eigenvalue weighted by atomic mass is 35.5. The number of thioether (sulfide) groups is 1. The number of carbonyl (C=O) groups excluding carboxylic acids is 2. The second-order valence-electron chi connectivity index (χ2n) is 6.06. The second-order valence-corrected chi connectivity index (χ2v) is 7.55. The number of aryl methyl sites for hydroxylation is 1. The summed E-state index contributed by atoms with van der Waals surface area (Å²) in [6.45, 7) is 1.98. The molecule has 0 bridgehead atoms. The van der Waals surface area contributed by atoms with Crippen molar-refractivity contribution in [2.24, 2.45) is 0 Å². The zero-order chi connectivity index (χ0) is 19.2. The molecule has 0 aliphatic rings. The number of benzene rings is 3. The average Bonchev–Trinajstić information content (AvgIpc) is 2.68. The molecule has 0 saturated heterocycles. The van der Waals surface area contributed by atoms with E-state index in [9.17, 15) is 9.59 Å². The van der Waals surface area contributed by atoms with E-state index >= 15 is 0 Å². The standard InChI is InChI=1S/C22H18ClNO2S/c1-15-2-4-17(5-3-15)22(26)24-19-10-12-20(13-11-19)27-14-21(25)16-6-8-18(23)9-7-16/h2-13H,14H2,1H3,(H,24,26). The number of rotatable bonds is 6. The van der Waals surface area contributed by atoms with Gasteiger partial charge in [0.1, 0.15) is 0 Å². The van der Waals surface area contributed by atoms with Crippen molar-refractivity contribution in [3.63, 3.8) is 0 Å². The number of nitrogens with one attached hydrogen (secondary N) is 1. The molecule has 1 amide bonds. The third kappa shape index (κ3) is 5.46. The fourth-order valence-corrected chi connectivity index (χ4v) is 3.33. The number of carbonyl (C=O) groups is 2. The van der Waals surface area contributed by atoms with Crippen LogP contribution in [0.25, 0.3) is 0 Å². The van der Waals surface area contributed by atoms with Crippen LogP contribution in [0.5, 0.6) is 0 Å². The zero-order valence-electron chi connectivity index (χ0n) is 14.7. The third-order valence-electron chi connectivity index (χ3n) is 3.96. The molecule has 0 heterocycles. The molecule has 136 valence electrons. The van der Waals surface area contributed by atoms with E-state index in [-0.39, 0.29) is 11.7 Å². The average molecular weight is 396 g/mol. The Morgan fingerprint density at radius 2 is 1.44 bits per heavy atom. The van der Waals surface area contributed by atoms with Crippen LogP contribution in [0, 0.1) is 6.92 Å². The summed E-state index contributed by atoms with van der Waals surface area (Å²) >= 11 is 7.30. The maximum Gasteiger partial charge on any atom is 0.255 e. The third-order valence-corrected chi connectivity index (χ3v) is 5.23. The lowest BCUT2D eigenvalue weighted by molar-refractivity contribution is 0.101. The Labute approximate surface area is 167 Å². The molecule has 3 aromatic rings. The van der Waals surface area contributed by atoms with Gasteiger partial charge < -0.3 is 5.32 Å². The zero-order valence-corrected chi connectivity index (χ0v) is 16.3. The van der Waals surface area contributed by atoms with Gasteiger partial charge in [0, 0.05) is 26.7 Å². The number of ketones is 1. The Morgan fingerprint density at radius 3 is 2.07 bits per heavy atom. The van der Waals surface area contributed by atoms with Gasteiger partial charge in [-0.2, -0.15) is 0 Å². The molecule has 27 heavy (non-hydrogen) atoms. The van der Waals surface area contributed by atoms with Gasteiger partial charge in [0.25, 0.3) is 5.91 Å². The van der Waals surface area contributed by atoms with Gasteiger partial charge in [0.05, 0.1) is 5.75 Å². The molecule has 0 saturated carbocycles. The van der Waals surface area contributed by atoms with E-state index < -0.39 is 0 Å². The first-order chi connectivity index (χ1) is 13.0. The lowest BCUT2D eigenvalue weighted by atomic mass is 10.1. The van der Waals surface area contributed by atoms with Crippen molar-refractivity contribution in [3.8, 4) is 0 Å². The van der Waals surface area contributed by atoms with Crippen molar-refractivity contribution in [1.29, 1.82) is 0 Å². The maximum atomic E-state index is 12.2. The number of amides is 1. The molecule has 3 rings (SSSR count). The van der Waals surface area contributed by atoms with Gasteiger partial charge in [0.2, 0.25) is 0 Å². The summed E-state index contributed by atoms with van der Waals surface area (Å²) in [6.07, 6.45) is 0. The van der Waals surface area contributed by atoms with Gasteiger partial charge in [-0.05, 0) is 67.6 Å². The molecule has 0 aromatic heterocycles. The monoisotopic (exact) mass is 395 g/mol. The van der Waals surface area contributed by atoms with Crippen LogP contribution in [0.15, 0.2) is 77.7 Å². The molecule has 1 N–H and O–H groups in total. The van der Waals surface area contributed by atoms with Gasteiger partial charge in [0.15, 0.2) is 5.78 Å². The van der Waals surface area contributed by atoms with E-state index in [0.29, 0.717) is 27.6 Å². The molecule has 0 aliphatic carbocycles. The highest BCUT2D eigenvalue weighted by Gasteiger charge is 2.08. The molecule has 3 nitrogen and oxygen atoms in total. The summed E-state index contributed by atoms with van der Waals surface area (Å²) in [6, 6.07) is 21.8. The predicted molar refractivity (Wildman–Crippen MR) is 112 cm³/mol. The molecule has 5 heteroatoms. The van der Waals surface area contributed by atoms with Crippen molar-refractivity contribution >= 4 is 40.7 Å². The summed E-state index contributed by atoms with van der Waals surface area (Å²) in [4.78, 5) is 25.4. The summed E-state index contributed by atoms with van der Waals surface area (Å²) in [7, 11) is 0. The number of hydrogen-bond acceptors (Lipinski definition) is 3. The molecule has 0 aliphatic heterocycles. The number of hydrogen-bond donors (Lipinski definition) is 1. The van der Waals surface area contributed by atoms with Crippen LogP contribution in [-0.4, -0.2) is 17.4 Å². The molecule has 0 atom stereocenters. The first-order valence-corrected chi connectivity index (χ1v) is 9.77. The predicted octanol–water partition coefficient (Wildman–Crippen LogP) is 5.88. The number of Topliss-reactive ketones (excluding diaryl/α,β-unsaturated/α-hetero) is 1. The quantitative estimate of drug-likeness (QED) is 0.419. The Bertz CT molecular complexity index is 936. The van der Waals surface area contributed by atoms with Gasteiger partial charge in [-0.3, -0.25) is 9.59 Å². The minimum Gasteiger partial charge on any atom is -0.322 e. The Kier molecular flexibility index (Phi) is 6.32. The molecule has 3 aromatic carbocycles. The summed E-state index contributed by atoms with van der Waals surface area (Å²) in [5.74, 6) is 0.248. The summed E-state index contributed by atoms with van der Waals surface area (Å²) in [5.41, 5.74) is 3.09. The topological polar surface area (TPSA) is 46.2 Å². The van der Waals surface area contributed by atoms with E-state index in [1.54, 1.807) is 36.4 Å². The molecule has 0 fully saturated rings. The maximum absolute atomic E-state index is 12.2. The van der Waals surface area contributed by atoms with E-state index in [1.807, 2.05) is 43.3 Å². The van der Waals surface area contributed by atoms with Crippen LogP contribution < -0.4 is 5.32 Å². The fourth-order valence-electron chi connectivity index (χ4n) is 2.41. The van der Waals surface area contributed by atoms with E-state index in [4.69, 9.17) is 11.6 Å². The minimum absolute atomic E-state index is 0.0495. The van der Waals surface area contributed by atoms with Crippen LogP contribution >= 0.6 is 23.4 Å². The van der Waals surface area contributed by atoms with Crippen molar-refractivity contribution < 1.29 is 9.59 Å². The van der Waals surface area contributed by atoms with Crippen LogP contribution in [0.2, 0.25) is 5.02 Å². The van der Waals surface area contributed by atoms with Crippen LogP contribution in [0.3, 0.4) is 0 Å². The van der Waals surface area contributed by atoms with Gasteiger partial charge in [-0.25, -0.2) is 0 Å². The fraction of sp³-hybridized carbons (Fsp3) is 0.0909. The smallest absolute Gasteiger partial charge is 0.255 e. The molecular formula is C22H18ClNO2S. The van der Waals surface area contributed by atoms with Gasteiger partial charge in [-0.15, -0.1) is 11.8 Å². The Hall–Kier alpha value is -2.56. The molecule has 0 spiro atoms. The Morgan fingerprint density at radius 1 is 0.852 bits per heavy atom. The molecule has 0 unspecified atom stereocenters. The SMILES string of the molecule is Cc1ccc(C(=O)Nc2ccc(SCC(=O)c3ccc(Cl)cc3)cc2)cc1. The summed E-state index contributed by atoms with van der Waals surface area (Å²) in [5, 5.41) is 3.49. The van der Waals surface area contributed by atoms with Crippen molar-refractivity contribution in [2.45, 2.75) is 11.8 Å². The van der Waals surface area contributed by atoms with Gasteiger partial charge in [-0.1, -0.05) is 29.3 Å². The highest BCUT2D eigenvalue weighted by molar-refractivity contribution is 8.00. The normalized spacial score (nSPS) is 10.4. The Balaban J connectivity index is 1.55. The molecule has 0 radical (unpaired) electrons. The summed E-state index contributed by atoms with van der Waals surface area (Å²) < 4.78 is 0.